The fourth-order valence-electron chi connectivity index (χ4n) is 2.08. The molecule has 2 heterocycles. The number of phosphoric ester groups is 1. The van der Waals surface area contributed by atoms with Gasteiger partial charge in [-0.1, -0.05) is 11.3 Å². The van der Waals surface area contributed by atoms with Crippen LogP contribution in [0.15, 0.2) is 11.7 Å². The molecule has 2 aromatic rings. The van der Waals surface area contributed by atoms with Gasteiger partial charge < -0.3 is 45.2 Å². The van der Waals surface area contributed by atoms with E-state index in [9.17, 15) is 14.0 Å². The van der Waals surface area contributed by atoms with E-state index in [-0.39, 0.29) is 37.8 Å². The summed E-state index contributed by atoms with van der Waals surface area (Å²) >= 11 is 1.40. The molecule has 1 unspecified atom stereocenters. The number of anilines is 1. The zero-order valence-corrected chi connectivity index (χ0v) is 18.8. The molecule has 28 heavy (non-hydrogen) atoms. The van der Waals surface area contributed by atoms with Gasteiger partial charge in [-0.15, -0.1) is 0 Å². The highest BCUT2D eigenvalue weighted by Crippen LogP contribution is 2.57. The average Bonchev–Trinajstić information content (AvgIpc) is 2.80. The van der Waals surface area contributed by atoms with Crippen molar-refractivity contribution in [2.45, 2.75) is 26.8 Å². The Balaban J connectivity index is 0.00000364. The van der Waals surface area contributed by atoms with E-state index in [1.807, 2.05) is 17.0 Å². The van der Waals surface area contributed by atoms with Crippen LogP contribution in [0.3, 0.4) is 0 Å². The standard InChI is InChI=1S/C12H18N4O7P2S.2ClH/c1-8-11(3-4-22-25(20,21)23-24(17,18)19)26-7-16(8)6-10-5-14-9(2)15-12(10)13;;/h5,7H,3-4,6H2,1-2H3,(H4-,13,14,15,17,18,19,20,21);2*1H/p-1. The molecule has 2 rings (SSSR count). The number of aryl methyl sites for hydroxylation is 1. The summed E-state index contributed by atoms with van der Waals surface area (Å²) < 4.78 is 32.2. The number of nitrogens with two attached hydrogens (primary N) is 1. The molecule has 0 spiro atoms. The Kier molecular flexibility index (Phi) is 10.7. The highest BCUT2D eigenvalue weighted by atomic mass is 35.5. The molecular weight excluding hydrogens is 477 g/mol. The summed E-state index contributed by atoms with van der Waals surface area (Å²) in [5.41, 5.74) is 9.40. The molecule has 0 saturated carbocycles. The van der Waals surface area contributed by atoms with Crippen molar-refractivity contribution < 1.29 is 62.0 Å². The van der Waals surface area contributed by atoms with Crippen molar-refractivity contribution in [1.29, 1.82) is 0 Å². The number of aromatic nitrogens is 3. The van der Waals surface area contributed by atoms with Crippen molar-refractivity contribution in [3.8, 4) is 0 Å². The van der Waals surface area contributed by atoms with Gasteiger partial charge in [0.25, 0.3) is 0 Å². The average molecular weight is 496 g/mol. The van der Waals surface area contributed by atoms with Crippen LogP contribution >= 0.6 is 27.0 Å². The van der Waals surface area contributed by atoms with Crippen LogP contribution in [-0.2, 0) is 30.9 Å². The first-order valence-corrected chi connectivity index (χ1v) is 11.2. The highest BCUT2D eigenvalue weighted by Gasteiger charge is 2.32. The summed E-state index contributed by atoms with van der Waals surface area (Å²) in [5.74, 6) is 0.985. The van der Waals surface area contributed by atoms with Gasteiger partial charge in [0.1, 0.15) is 11.6 Å². The number of rotatable bonds is 8. The molecule has 0 aromatic carbocycles. The minimum Gasteiger partial charge on any atom is -1.00 e. The lowest BCUT2D eigenvalue weighted by molar-refractivity contribution is -0.689. The van der Waals surface area contributed by atoms with Crippen LogP contribution in [0.2, 0.25) is 0 Å². The molecule has 5 N–H and O–H groups in total. The van der Waals surface area contributed by atoms with E-state index in [4.69, 9.17) is 15.5 Å². The molecule has 11 nitrogen and oxygen atoms in total. The third-order valence-corrected chi connectivity index (χ3v) is 6.64. The molecule has 0 fully saturated rings. The summed E-state index contributed by atoms with van der Waals surface area (Å²) in [6.07, 6.45) is 1.92. The first-order valence-electron chi connectivity index (χ1n) is 7.25. The van der Waals surface area contributed by atoms with Crippen LogP contribution in [0.4, 0.5) is 5.82 Å². The van der Waals surface area contributed by atoms with Gasteiger partial charge in [-0.25, -0.2) is 19.1 Å². The Morgan fingerprint density at radius 3 is 2.46 bits per heavy atom. The van der Waals surface area contributed by atoms with Gasteiger partial charge in [-0.05, 0) is 6.92 Å². The first-order chi connectivity index (χ1) is 12.0. The quantitative estimate of drug-likeness (QED) is 0.205. The molecule has 2 aromatic heterocycles. The third kappa shape index (κ3) is 8.38. The Bertz CT molecular complexity index is 895. The number of hydrogen-bond acceptors (Lipinski definition) is 8. The molecule has 16 heteroatoms. The van der Waals surface area contributed by atoms with E-state index in [1.165, 1.54) is 11.3 Å². The summed E-state index contributed by atoms with van der Waals surface area (Å²) in [4.78, 5) is 35.4. The van der Waals surface area contributed by atoms with Crippen molar-refractivity contribution >= 4 is 32.8 Å². The predicted molar refractivity (Wildman–Crippen MR) is 92.1 cm³/mol. The predicted octanol–water partition coefficient (Wildman–Crippen LogP) is -5.15. The van der Waals surface area contributed by atoms with Crippen molar-refractivity contribution in [3.05, 3.63) is 33.7 Å². The number of hydrogen-bond donors (Lipinski definition) is 4. The number of thiazole rings is 1. The van der Waals surface area contributed by atoms with Gasteiger partial charge >= 0.3 is 15.6 Å². The van der Waals surface area contributed by atoms with Gasteiger partial charge in [-0.3, -0.25) is 4.52 Å². The Morgan fingerprint density at radius 1 is 1.25 bits per heavy atom. The van der Waals surface area contributed by atoms with E-state index >= 15 is 0 Å². The monoisotopic (exact) mass is 495 g/mol. The van der Waals surface area contributed by atoms with Crippen LogP contribution in [0.1, 0.15) is 22.0 Å². The molecule has 0 saturated heterocycles. The molecule has 0 aliphatic rings. The fourth-order valence-corrected chi connectivity index (χ4v) is 4.64. The number of nitrogens with zero attached hydrogens (tertiary/aromatic N) is 3. The van der Waals surface area contributed by atoms with Crippen LogP contribution in [0, 0.1) is 13.8 Å². The zero-order chi connectivity index (χ0) is 19.5. The maximum atomic E-state index is 11.4. The number of halogens is 2. The first kappa shape index (κ1) is 27.4. The van der Waals surface area contributed by atoms with E-state index in [0.29, 0.717) is 18.2 Å². The number of nitrogen functional groups attached to an aromatic ring is 1. The molecule has 0 bridgehead atoms. The minimum absolute atomic E-state index is 0. The number of phosphoric acid groups is 2. The molecule has 0 amide bonds. The molecule has 1 atom stereocenters. The second-order valence-corrected chi connectivity index (χ2v) is 9.08. The molecular formula is C12H19Cl2N4O7P2S-. The Labute approximate surface area is 177 Å². The SMILES string of the molecule is Cc1ncc(C[n+]2csc(CCOP(=O)(O)OP(=O)(O)O)c2C)c(N)n1.[Cl-].[Cl-]. The van der Waals surface area contributed by atoms with Crippen LogP contribution in [-0.4, -0.2) is 31.3 Å². The van der Waals surface area contributed by atoms with Gasteiger partial charge in [-0.2, -0.15) is 8.88 Å². The van der Waals surface area contributed by atoms with Crippen LogP contribution in [0.25, 0.3) is 0 Å². The molecule has 0 radical (unpaired) electrons. The van der Waals surface area contributed by atoms with Crippen molar-refractivity contribution in [1.82, 2.24) is 9.97 Å². The van der Waals surface area contributed by atoms with Gasteiger partial charge in [0.2, 0.25) is 5.51 Å². The maximum Gasteiger partial charge on any atom is 0.481 e. The summed E-state index contributed by atoms with van der Waals surface area (Å²) in [7, 11) is -9.94. The van der Waals surface area contributed by atoms with Crippen LogP contribution < -0.4 is 35.1 Å². The largest absolute Gasteiger partial charge is 1.00 e. The van der Waals surface area contributed by atoms with E-state index in [2.05, 4.69) is 18.8 Å². The van der Waals surface area contributed by atoms with E-state index < -0.39 is 15.6 Å². The van der Waals surface area contributed by atoms with Crippen molar-refractivity contribution in [2.24, 2.45) is 0 Å². The Morgan fingerprint density at radius 2 is 1.89 bits per heavy atom. The topological polar surface area (TPSA) is 169 Å². The maximum absolute atomic E-state index is 11.4. The third-order valence-electron chi connectivity index (χ3n) is 3.31. The van der Waals surface area contributed by atoms with Crippen LogP contribution in [0.5, 0.6) is 0 Å². The van der Waals surface area contributed by atoms with Crippen molar-refractivity contribution in [3.63, 3.8) is 0 Å². The van der Waals surface area contributed by atoms with Gasteiger partial charge in [0.15, 0.2) is 12.2 Å². The fraction of sp³-hybridized carbons (Fsp3) is 0.417. The Hall–Kier alpha value is -0.650. The molecule has 0 aliphatic carbocycles. The summed E-state index contributed by atoms with van der Waals surface area (Å²) in [5, 5.41) is 0. The van der Waals surface area contributed by atoms with E-state index in [0.717, 1.165) is 16.1 Å². The second-order valence-electron chi connectivity index (χ2n) is 5.31. The second kappa shape index (κ2) is 10.9. The highest BCUT2D eigenvalue weighted by molar-refractivity contribution is 7.60. The zero-order valence-electron chi connectivity index (χ0n) is 14.7. The summed E-state index contributed by atoms with van der Waals surface area (Å²) in [6, 6.07) is 0. The lowest BCUT2D eigenvalue weighted by Crippen LogP contribution is -3.00. The van der Waals surface area contributed by atoms with Crippen molar-refractivity contribution in [2.75, 3.05) is 12.3 Å². The lowest BCUT2D eigenvalue weighted by Gasteiger charge is -2.11. The lowest BCUT2D eigenvalue weighted by atomic mass is 10.2. The summed E-state index contributed by atoms with van der Waals surface area (Å²) in [6.45, 7) is 3.83. The van der Waals surface area contributed by atoms with Gasteiger partial charge in [0.05, 0.1) is 17.0 Å². The normalized spacial score (nSPS) is 13.3. The molecule has 0 aliphatic heterocycles. The minimum atomic E-state index is -5.12. The molecule has 160 valence electrons. The van der Waals surface area contributed by atoms with E-state index in [1.54, 1.807) is 13.1 Å². The van der Waals surface area contributed by atoms with Gasteiger partial charge in [0, 0.05) is 19.5 Å². The smallest absolute Gasteiger partial charge is 0.481 e.